The molecule has 0 saturated heterocycles. The highest BCUT2D eigenvalue weighted by Gasteiger charge is 1.99. The van der Waals surface area contributed by atoms with Crippen molar-refractivity contribution >= 4 is 11.4 Å². The van der Waals surface area contributed by atoms with Gasteiger partial charge in [-0.1, -0.05) is 0 Å². The van der Waals surface area contributed by atoms with Crippen LogP contribution in [0.1, 0.15) is 5.82 Å². The number of benzene rings is 1. The van der Waals surface area contributed by atoms with E-state index in [9.17, 15) is 4.39 Å². The molecule has 1 heterocycles. The molecule has 0 amide bonds. The van der Waals surface area contributed by atoms with Crippen LogP contribution in [0.4, 0.5) is 15.8 Å². The van der Waals surface area contributed by atoms with E-state index in [1.807, 2.05) is 0 Å². The number of anilines is 2. The first-order valence-corrected chi connectivity index (χ1v) is 5.02. The van der Waals surface area contributed by atoms with Gasteiger partial charge in [0.05, 0.1) is 0 Å². The van der Waals surface area contributed by atoms with Gasteiger partial charge in [-0.2, -0.15) is 0 Å². The van der Waals surface area contributed by atoms with Gasteiger partial charge in [-0.05, 0) is 18.2 Å². The lowest BCUT2D eigenvalue weighted by Crippen LogP contribution is -2.06. The Kier molecular flexibility index (Phi) is 3.05. The molecular formula is C11H13FN4. The Morgan fingerprint density at radius 2 is 2.25 bits per heavy atom. The number of hydrogen-bond donors (Lipinski definition) is 3. The van der Waals surface area contributed by atoms with Crippen LogP contribution >= 0.6 is 0 Å². The molecule has 1 aromatic carbocycles. The van der Waals surface area contributed by atoms with E-state index in [1.165, 1.54) is 12.1 Å². The molecule has 0 aliphatic heterocycles. The smallest absolute Gasteiger partial charge is 0.127 e. The van der Waals surface area contributed by atoms with Crippen molar-refractivity contribution in [3.63, 3.8) is 0 Å². The predicted molar refractivity (Wildman–Crippen MR) is 61.6 cm³/mol. The van der Waals surface area contributed by atoms with Gasteiger partial charge >= 0.3 is 0 Å². The van der Waals surface area contributed by atoms with E-state index in [1.54, 1.807) is 18.5 Å². The van der Waals surface area contributed by atoms with E-state index in [0.29, 0.717) is 17.9 Å². The van der Waals surface area contributed by atoms with Crippen molar-refractivity contribution < 1.29 is 4.39 Å². The Labute approximate surface area is 92.7 Å². The lowest BCUT2D eigenvalue weighted by molar-refractivity contribution is 0.629. The van der Waals surface area contributed by atoms with Crippen molar-refractivity contribution in [2.24, 2.45) is 0 Å². The quantitative estimate of drug-likeness (QED) is 0.688. The lowest BCUT2D eigenvalue weighted by atomic mass is 10.2. The summed E-state index contributed by atoms with van der Waals surface area (Å²) in [6.07, 6.45) is 4.23. The minimum absolute atomic E-state index is 0.333. The summed E-state index contributed by atoms with van der Waals surface area (Å²) in [4.78, 5) is 7.08. The highest BCUT2D eigenvalue weighted by atomic mass is 19.1. The number of aromatic amines is 1. The Balaban J connectivity index is 1.89. The molecule has 0 unspecified atom stereocenters. The fourth-order valence-corrected chi connectivity index (χ4v) is 1.47. The number of nitrogens with one attached hydrogen (secondary N) is 2. The summed E-state index contributed by atoms with van der Waals surface area (Å²) < 4.78 is 13.0. The van der Waals surface area contributed by atoms with Crippen LogP contribution in [-0.2, 0) is 6.42 Å². The van der Waals surface area contributed by atoms with Gasteiger partial charge in [0.15, 0.2) is 0 Å². The molecule has 0 fully saturated rings. The summed E-state index contributed by atoms with van der Waals surface area (Å²) in [5, 5.41) is 3.08. The molecule has 0 bridgehead atoms. The van der Waals surface area contributed by atoms with Gasteiger partial charge in [-0.25, -0.2) is 9.37 Å². The van der Waals surface area contributed by atoms with Crippen molar-refractivity contribution in [1.29, 1.82) is 0 Å². The molecule has 0 aliphatic carbocycles. The number of nitrogens with two attached hydrogens (primary N) is 1. The number of halogens is 1. The number of nitrogens with zero attached hydrogens (tertiary/aromatic N) is 1. The molecule has 0 saturated carbocycles. The first-order chi connectivity index (χ1) is 7.74. The summed E-state index contributed by atoms with van der Waals surface area (Å²) >= 11 is 0. The van der Waals surface area contributed by atoms with Gasteiger partial charge < -0.3 is 16.0 Å². The molecule has 0 spiro atoms. The molecule has 84 valence electrons. The molecule has 0 atom stereocenters. The molecule has 2 rings (SSSR count). The van der Waals surface area contributed by atoms with Crippen LogP contribution in [-0.4, -0.2) is 16.5 Å². The van der Waals surface area contributed by atoms with E-state index in [2.05, 4.69) is 15.3 Å². The highest BCUT2D eigenvalue weighted by Crippen LogP contribution is 2.15. The van der Waals surface area contributed by atoms with Crippen LogP contribution in [0.3, 0.4) is 0 Å². The number of hydrogen-bond acceptors (Lipinski definition) is 3. The summed E-state index contributed by atoms with van der Waals surface area (Å²) in [7, 11) is 0. The third-order valence-electron chi connectivity index (χ3n) is 2.17. The zero-order valence-electron chi connectivity index (χ0n) is 8.70. The van der Waals surface area contributed by atoms with Crippen molar-refractivity contribution in [1.82, 2.24) is 9.97 Å². The maximum atomic E-state index is 13.0. The summed E-state index contributed by atoms with van der Waals surface area (Å²) in [6.45, 7) is 0.677. The maximum absolute atomic E-state index is 13.0. The van der Waals surface area contributed by atoms with Crippen LogP contribution in [0.15, 0.2) is 30.6 Å². The van der Waals surface area contributed by atoms with E-state index in [0.717, 1.165) is 12.2 Å². The fraction of sp³-hybridized carbons (Fsp3) is 0.182. The van der Waals surface area contributed by atoms with E-state index in [-0.39, 0.29) is 5.82 Å². The van der Waals surface area contributed by atoms with Gasteiger partial charge in [0.2, 0.25) is 0 Å². The molecule has 0 radical (unpaired) electrons. The first-order valence-electron chi connectivity index (χ1n) is 5.02. The second kappa shape index (κ2) is 4.65. The van der Waals surface area contributed by atoms with E-state index >= 15 is 0 Å². The monoisotopic (exact) mass is 220 g/mol. The van der Waals surface area contributed by atoms with Gasteiger partial charge in [-0.15, -0.1) is 0 Å². The normalized spacial score (nSPS) is 10.3. The van der Waals surface area contributed by atoms with Gasteiger partial charge in [-0.3, -0.25) is 0 Å². The van der Waals surface area contributed by atoms with Crippen LogP contribution in [0.2, 0.25) is 0 Å². The van der Waals surface area contributed by atoms with Gasteiger partial charge in [0.1, 0.15) is 11.6 Å². The zero-order chi connectivity index (χ0) is 11.4. The lowest BCUT2D eigenvalue weighted by Gasteiger charge is -2.06. The van der Waals surface area contributed by atoms with Gasteiger partial charge in [0, 0.05) is 36.7 Å². The summed E-state index contributed by atoms with van der Waals surface area (Å²) in [5.41, 5.74) is 6.63. The number of rotatable bonds is 4. The third-order valence-corrected chi connectivity index (χ3v) is 2.17. The van der Waals surface area contributed by atoms with Crippen molar-refractivity contribution in [2.75, 3.05) is 17.6 Å². The molecule has 4 nitrogen and oxygen atoms in total. The maximum Gasteiger partial charge on any atom is 0.127 e. The Morgan fingerprint density at radius 1 is 1.38 bits per heavy atom. The number of H-pyrrole nitrogens is 1. The molecule has 2 aromatic rings. The minimum atomic E-state index is -0.333. The molecule has 4 N–H and O–H groups in total. The first kappa shape index (κ1) is 10.5. The summed E-state index contributed by atoms with van der Waals surface area (Å²) in [5.74, 6) is 0.567. The largest absolute Gasteiger partial charge is 0.399 e. The molecule has 1 aromatic heterocycles. The second-order valence-corrected chi connectivity index (χ2v) is 3.49. The summed E-state index contributed by atoms with van der Waals surface area (Å²) in [6, 6.07) is 4.40. The highest BCUT2D eigenvalue weighted by molar-refractivity contribution is 5.54. The Bertz CT molecular complexity index is 433. The van der Waals surface area contributed by atoms with Gasteiger partial charge in [0.25, 0.3) is 0 Å². The number of aromatic nitrogens is 2. The number of imidazole rings is 1. The van der Waals surface area contributed by atoms with Crippen molar-refractivity contribution in [3.8, 4) is 0 Å². The van der Waals surface area contributed by atoms with Crippen LogP contribution in [0, 0.1) is 5.82 Å². The zero-order valence-corrected chi connectivity index (χ0v) is 8.70. The Hall–Kier alpha value is -2.04. The average molecular weight is 220 g/mol. The van der Waals surface area contributed by atoms with Crippen molar-refractivity contribution in [3.05, 3.63) is 42.2 Å². The molecular weight excluding hydrogens is 207 g/mol. The van der Waals surface area contributed by atoms with Crippen molar-refractivity contribution in [2.45, 2.75) is 6.42 Å². The number of nitrogen functional groups attached to an aromatic ring is 1. The SMILES string of the molecule is Nc1cc(F)cc(NCCc2ncc[nH]2)c1. The average Bonchev–Trinajstić information content (AvgIpc) is 2.69. The predicted octanol–water partition coefficient (Wildman–Crippen LogP) is 1.79. The van der Waals surface area contributed by atoms with E-state index in [4.69, 9.17) is 5.73 Å². The molecule has 0 aliphatic rings. The van der Waals surface area contributed by atoms with Crippen LogP contribution < -0.4 is 11.1 Å². The van der Waals surface area contributed by atoms with Crippen LogP contribution in [0.5, 0.6) is 0 Å². The second-order valence-electron chi connectivity index (χ2n) is 3.49. The van der Waals surface area contributed by atoms with Crippen LogP contribution in [0.25, 0.3) is 0 Å². The molecule has 5 heteroatoms. The third kappa shape index (κ3) is 2.73. The Morgan fingerprint density at radius 3 is 2.94 bits per heavy atom. The standard InChI is InChI=1S/C11H13FN4/c12-8-5-9(13)7-10(6-8)14-2-1-11-15-3-4-16-11/h3-7,14H,1-2,13H2,(H,15,16). The fourth-order valence-electron chi connectivity index (χ4n) is 1.47. The molecule has 16 heavy (non-hydrogen) atoms. The topological polar surface area (TPSA) is 66.7 Å². The van der Waals surface area contributed by atoms with E-state index < -0.39 is 0 Å². The minimum Gasteiger partial charge on any atom is -0.399 e.